The van der Waals surface area contributed by atoms with Gasteiger partial charge in [-0.3, -0.25) is 9.89 Å². The van der Waals surface area contributed by atoms with Crippen LogP contribution in [0.3, 0.4) is 0 Å². The Morgan fingerprint density at radius 3 is 2.78 bits per heavy atom. The van der Waals surface area contributed by atoms with Crippen molar-refractivity contribution in [1.82, 2.24) is 15.5 Å². The second-order valence-electron chi connectivity index (χ2n) is 4.22. The minimum Gasteiger partial charge on any atom is -0.396 e. The van der Waals surface area contributed by atoms with Gasteiger partial charge in [0, 0.05) is 6.54 Å². The first-order chi connectivity index (χ1) is 8.68. The molecule has 5 nitrogen and oxygen atoms in total. The molecule has 1 aromatic heterocycles. The molecule has 0 aliphatic rings. The Morgan fingerprint density at radius 2 is 2.17 bits per heavy atom. The summed E-state index contributed by atoms with van der Waals surface area (Å²) in [6, 6.07) is 10.0. The number of nitrogen functional groups attached to an aromatic ring is 1. The van der Waals surface area contributed by atoms with Crippen molar-refractivity contribution < 1.29 is 4.79 Å². The van der Waals surface area contributed by atoms with Crippen LogP contribution in [0, 0.1) is 0 Å². The van der Waals surface area contributed by atoms with Gasteiger partial charge in [0.05, 0.1) is 11.9 Å². The highest BCUT2D eigenvalue weighted by molar-refractivity contribution is 5.96. The maximum atomic E-state index is 11.8. The number of aromatic amines is 1. The Balaban J connectivity index is 1.93. The first kappa shape index (κ1) is 12.2. The van der Waals surface area contributed by atoms with E-state index in [1.54, 1.807) is 0 Å². The van der Waals surface area contributed by atoms with Crippen molar-refractivity contribution in [2.45, 2.75) is 12.8 Å². The number of nitrogens with zero attached hydrogens (tertiary/aromatic N) is 1. The largest absolute Gasteiger partial charge is 0.396 e. The predicted molar refractivity (Wildman–Crippen MR) is 70.2 cm³/mol. The standard InChI is InChI=1S/C13H16N4O/c1-9(10-5-3-2-4-6-10)7-15-13(18)12-11(14)8-16-17-12/h2-6,8-9H,7,14H2,1H3,(H,15,18)(H,16,17). The lowest BCUT2D eigenvalue weighted by Gasteiger charge is -2.12. The highest BCUT2D eigenvalue weighted by Gasteiger charge is 2.13. The summed E-state index contributed by atoms with van der Waals surface area (Å²) < 4.78 is 0. The third kappa shape index (κ3) is 2.68. The monoisotopic (exact) mass is 244 g/mol. The molecule has 0 fully saturated rings. The van der Waals surface area contributed by atoms with Crippen LogP contribution < -0.4 is 11.1 Å². The van der Waals surface area contributed by atoms with Gasteiger partial charge in [-0.05, 0) is 11.5 Å². The van der Waals surface area contributed by atoms with Crippen LogP contribution in [0.1, 0.15) is 28.9 Å². The number of hydrogen-bond acceptors (Lipinski definition) is 3. The maximum Gasteiger partial charge on any atom is 0.271 e. The second-order valence-corrected chi connectivity index (χ2v) is 4.22. The van der Waals surface area contributed by atoms with Crippen LogP contribution in [0.4, 0.5) is 5.69 Å². The summed E-state index contributed by atoms with van der Waals surface area (Å²) in [6.07, 6.45) is 1.43. The molecule has 1 amide bonds. The molecule has 18 heavy (non-hydrogen) atoms. The van der Waals surface area contributed by atoms with E-state index in [0.717, 1.165) is 0 Å². The molecule has 2 rings (SSSR count). The normalized spacial score (nSPS) is 12.1. The number of nitrogens with two attached hydrogens (primary N) is 1. The maximum absolute atomic E-state index is 11.8. The van der Waals surface area contributed by atoms with Gasteiger partial charge < -0.3 is 11.1 Å². The molecule has 5 heteroatoms. The Bertz CT molecular complexity index is 521. The summed E-state index contributed by atoms with van der Waals surface area (Å²) in [5.74, 6) is 0.0204. The minimum atomic E-state index is -0.229. The minimum absolute atomic E-state index is 0.229. The Hall–Kier alpha value is -2.30. The summed E-state index contributed by atoms with van der Waals surface area (Å²) in [4.78, 5) is 11.8. The quantitative estimate of drug-likeness (QED) is 0.762. The van der Waals surface area contributed by atoms with Crippen LogP contribution in [0.2, 0.25) is 0 Å². The van der Waals surface area contributed by atoms with Crippen molar-refractivity contribution in [2.24, 2.45) is 0 Å². The molecule has 0 bridgehead atoms. The van der Waals surface area contributed by atoms with E-state index in [9.17, 15) is 4.79 Å². The number of hydrogen-bond donors (Lipinski definition) is 3. The van der Waals surface area contributed by atoms with E-state index in [1.807, 2.05) is 30.3 Å². The van der Waals surface area contributed by atoms with Gasteiger partial charge in [0.1, 0.15) is 5.69 Å². The number of nitrogens with one attached hydrogen (secondary N) is 2. The van der Waals surface area contributed by atoms with Crippen LogP contribution in [-0.2, 0) is 0 Å². The number of aromatic nitrogens is 2. The van der Waals surface area contributed by atoms with Crippen LogP contribution in [-0.4, -0.2) is 22.6 Å². The van der Waals surface area contributed by atoms with Crippen molar-refractivity contribution in [2.75, 3.05) is 12.3 Å². The molecule has 2 aromatic rings. The SMILES string of the molecule is CC(CNC(=O)c1[nH]ncc1N)c1ccccc1. The highest BCUT2D eigenvalue weighted by Crippen LogP contribution is 2.13. The Morgan fingerprint density at radius 1 is 1.44 bits per heavy atom. The first-order valence-corrected chi connectivity index (χ1v) is 5.80. The zero-order valence-corrected chi connectivity index (χ0v) is 10.2. The smallest absolute Gasteiger partial charge is 0.271 e. The second kappa shape index (κ2) is 5.35. The summed E-state index contributed by atoms with van der Waals surface area (Å²) in [5.41, 5.74) is 7.47. The molecular weight excluding hydrogens is 228 g/mol. The van der Waals surface area contributed by atoms with Gasteiger partial charge in [-0.15, -0.1) is 0 Å². The Labute approximate surface area is 105 Å². The molecule has 0 aliphatic heterocycles. The molecular formula is C13H16N4O. The van der Waals surface area contributed by atoms with Crippen molar-refractivity contribution in [3.05, 3.63) is 47.8 Å². The number of amides is 1. The van der Waals surface area contributed by atoms with Crippen molar-refractivity contribution in [1.29, 1.82) is 0 Å². The molecule has 1 unspecified atom stereocenters. The zero-order chi connectivity index (χ0) is 13.0. The lowest BCUT2D eigenvalue weighted by molar-refractivity contribution is 0.0947. The molecule has 94 valence electrons. The molecule has 0 saturated heterocycles. The average Bonchev–Trinajstić information content (AvgIpc) is 2.83. The fourth-order valence-electron chi connectivity index (χ4n) is 1.71. The van der Waals surface area contributed by atoms with Gasteiger partial charge in [-0.2, -0.15) is 5.10 Å². The van der Waals surface area contributed by atoms with Gasteiger partial charge >= 0.3 is 0 Å². The lowest BCUT2D eigenvalue weighted by Crippen LogP contribution is -2.28. The number of rotatable bonds is 4. The number of H-pyrrole nitrogens is 1. The summed E-state index contributed by atoms with van der Waals surface area (Å²) >= 11 is 0. The van der Waals surface area contributed by atoms with Crippen LogP contribution in [0.15, 0.2) is 36.5 Å². The molecule has 0 spiro atoms. The number of benzene rings is 1. The van der Waals surface area contributed by atoms with E-state index >= 15 is 0 Å². The first-order valence-electron chi connectivity index (χ1n) is 5.80. The molecule has 0 radical (unpaired) electrons. The van der Waals surface area contributed by atoms with Crippen LogP contribution >= 0.6 is 0 Å². The third-order valence-corrected chi connectivity index (χ3v) is 2.83. The number of carbonyl (C=O) groups excluding carboxylic acids is 1. The summed E-state index contributed by atoms with van der Waals surface area (Å²) in [5, 5.41) is 9.13. The number of anilines is 1. The fraction of sp³-hybridized carbons (Fsp3) is 0.231. The van der Waals surface area contributed by atoms with E-state index in [4.69, 9.17) is 5.73 Å². The average molecular weight is 244 g/mol. The van der Waals surface area contributed by atoms with Gasteiger partial charge in [0.15, 0.2) is 0 Å². The predicted octanol–water partition coefficient (Wildman–Crippen LogP) is 1.53. The van der Waals surface area contributed by atoms with E-state index in [-0.39, 0.29) is 11.8 Å². The zero-order valence-electron chi connectivity index (χ0n) is 10.2. The molecule has 0 saturated carbocycles. The van der Waals surface area contributed by atoms with E-state index in [2.05, 4.69) is 22.4 Å². The van der Waals surface area contributed by atoms with Crippen LogP contribution in [0.25, 0.3) is 0 Å². The van der Waals surface area contributed by atoms with Crippen molar-refractivity contribution >= 4 is 11.6 Å². The molecule has 1 atom stereocenters. The molecule has 0 aliphatic carbocycles. The fourth-order valence-corrected chi connectivity index (χ4v) is 1.71. The van der Waals surface area contributed by atoms with Gasteiger partial charge in [-0.1, -0.05) is 37.3 Å². The summed E-state index contributed by atoms with van der Waals surface area (Å²) in [6.45, 7) is 2.62. The lowest BCUT2D eigenvalue weighted by atomic mass is 10.0. The van der Waals surface area contributed by atoms with Gasteiger partial charge in [0.2, 0.25) is 0 Å². The summed E-state index contributed by atoms with van der Waals surface area (Å²) in [7, 11) is 0. The molecule has 1 aromatic carbocycles. The third-order valence-electron chi connectivity index (χ3n) is 2.83. The van der Waals surface area contributed by atoms with E-state index in [1.165, 1.54) is 11.8 Å². The molecule has 4 N–H and O–H groups in total. The number of carbonyl (C=O) groups is 1. The Kier molecular flexibility index (Phi) is 3.62. The van der Waals surface area contributed by atoms with Crippen molar-refractivity contribution in [3.8, 4) is 0 Å². The van der Waals surface area contributed by atoms with Crippen LogP contribution in [0.5, 0.6) is 0 Å². The van der Waals surface area contributed by atoms with E-state index < -0.39 is 0 Å². The van der Waals surface area contributed by atoms with Crippen molar-refractivity contribution in [3.63, 3.8) is 0 Å². The molecule has 1 heterocycles. The van der Waals surface area contributed by atoms with Gasteiger partial charge in [-0.25, -0.2) is 0 Å². The van der Waals surface area contributed by atoms with E-state index in [0.29, 0.717) is 17.9 Å². The topological polar surface area (TPSA) is 83.8 Å². The highest BCUT2D eigenvalue weighted by atomic mass is 16.1. The van der Waals surface area contributed by atoms with Gasteiger partial charge in [0.25, 0.3) is 5.91 Å².